The topological polar surface area (TPSA) is 20.2 Å². The van der Waals surface area contributed by atoms with Gasteiger partial charge in [0.15, 0.2) is 0 Å². The molecule has 0 aromatic carbocycles. The molecule has 2 fully saturated rings. The van der Waals surface area contributed by atoms with Gasteiger partial charge in [0.2, 0.25) is 0 Å². The molecule has 0 radical (unpaired) electrons. The summed E-state index contributed by atoms with van der Waals surface area (Å²) in [4.78, 5) is 0. The first-order chi connectivity index (χ1) is 6.44. The molecular weight excluding hydrogens is 172 g/mol. The van der Waals surface area contributed by atoms with Crippen LogP contribution in [0.5, 0.6) is 0 Å². The maximum atomic E-state index is 9.78. The highest BCUT2D eigenvalue weighted by Crippen LogP contribution is 2.57. The summed E-state index contributed by atoms with van der Waals surface area (Å²) in [6.45, 7) is 7.25. The minimum absolute atomic E-state index is 0.0230. The van der Waals surface area contributed by atoms with Gasteiger partial charge in [-0.15, -0.1) is 0 Å². The van der Waals surface area contributed by atoms with Gasteiger partial charge in [0, 0.05) is 0 Å². The Labute approximate surface area is 87.9 Å². The van der Waals surface area contributed by atoms with Gasteiger partial charge < -0.3 is 5.11 Å². The average molecular weight is 196 g/mol. The monoisotopic (exact) mass is 196 g/mol. The fourth-order valence-electron chi connectivity index (χ4n) is 4.22. The second-order valence-corrected chi connectivity index (χ2v) is 6.48. The van der Waals surface area contributed by atoms with Gasteiger partial charge in [0.25, 0.3) is 0 Å². The number of hydrogen-bond donors (Lipinski definition) is 1. The molecule has 2 aliphatic rings. The van der Waals surface area contributed by atoms with E-state index in [9.17, 15) is 5.11 Å². The van der Waals surface area contributed by atoms with Crippen molar-refractivity contribution in [2.45, 2.75) is 65.4 Å². The fraction of sp³-hybridized carbons (Fsp3) is 1.00. The Morgan fingerprint density at radius 2 is 1.79 bits per heavy atom. The van der Waals surface area contributed by atoms with Crippen LogP contribution in [0.15, 0.2) is 0 Å². The molecule has 0 amide bonds. The maximum absolute atomic E-state index is 9.78. The molecule has 2 rings (SSSR count). The Bertz CT molecular complexity index is 221. The second-order valence-electron chi connectivity index (χ2n) is 6.48. The van der Waals surface area contributed by atoms with E-state index >= 15 is 0 Å². The second kappa shape index (κ2) is 3.23. The molecule has 3 atom stereocenters. The van der Waals surface area contributed by atoms with Gasteiger partial charge in [0.05, 0.1) is 6.10 Å². The lowest BCUT2D eigenvalue weighted by Crippen LogP contribution is -2.47. The van der Waals surface area contributed by atoms with Gasteiger partial charge in [-0.3, -0.25) is 0 Å². The number of hydrogen-bond acceptors (Lipinski definition) is 1. The predicted molar refractivity (Wildman–Crippen MR) is 59.1 cm³/mol. The average Bonchev–Trinajstić information content (AvgIpc) is 2.00. The normalized spacial score (nSPS) is 47.1. The summed E-state index contributed by atoms with van der Waals surface area (Å²) in [7, 11) is 0. The Balaban J connectivity index is 2.21. The van der Waals surface area contributed by atoms with Crippen LogP contribution in [-0.4, -0.2) is 11.2 Å². The lowest BCUT2D eigenvalue weighted by atomic mass is 9.51. The van der Waals surface area contributed by atoms with E-state index in [-0.39, 0.29) is 6.10 Å². The maximum Gasteiger partial charge on any atom is 0.0545 e. The van der Waals surface area contributed by atoms with Crippen LogP contribution in [0.2, 0.25) is 0 Å². The van der Waals surface area contributed by atoms with Crippen molar-refractivity contribution in [2.24, 2.45) is 16.7 Å². The SMILES string of the molecule is CC1(C)CCC[C@]2(C)C[C@H](O)CC[C@@H]12. The molecule has 2 aliphatic carbocycles. The molecule has 0 heterocycles. The van der Waals surface area contributed by atoms with Gasteiger partial charge in [-0.05, 0) is 48.9 Å². The summed E-state index contributed by atoms with van der Waals surface area (Å²) in [6.07, 6.45) is 7.36. The third-order valence-corrected chi connectivity index (χ3v) is 4.84. The zero-order valence-corrected chi connectivity index (χ0v) is 9.84. The lowest BCUT2D eigenvalue weighted by Gasteiger charge is -2.54. The van der Waals surface area contributed by atoms with Crippen LogP contribution in [0.3, 0.4) is 0 Å². The fourth-order valence-corrected chi connectivity index (χ4v) is 4.22. The highest BCUT2D eigenvalue weighted by atomic mass is 16.3. The van der Waals surface area contributed by atoms with Crippen molar-refractivity contribution in [1.29, 1.82) is 0 Å². The summed E-state index contributed by atoms with van der Waals surface area (Å²) in [5.74, 6) is 0.840. The van der Waals surface area contributed by atoms with E-state index < -0.39 is 0 Å². The molecule has 0 aliphatic heterocycles. The van der Waals surface area contributed by atoms with Crippen LogP contribution < -0.4 is 0 Å². The number of aliphatic hydroxyl groups excluding tert-OH is 1. The zero-order chi connectivity index (χ0) is 10.4. The number of fused-ring (bicyclic) bond motifs is 1. The van der Waals surface area contributed by atoms with Crippen LogP contribution in [0, 0.1) is 16.7 Å². The van der Waals surface area contributed by atoms with Crippen molar-refractivity contribution in [3.63, 3.8) is 0 Å². The first-order valence-corrected chi connectivity index (χ1v) is 6.12. The van der Waals surface area contributed by atoms with E-state index in [1.54, 1.807) is 0 Å². The van der Waals surface area contributed by atoms with Crippen LogP contribution in [-0.2, 0) is 0 Å². The van der Waals surface area contributed by atoms with E-state index in [2.05, 4.69) is 20.8 Å². The molecule has 0 aromatic heterocycles. The van der Waals surface area contributed by atoms with Crippen LogP contribution in [0.4, 0.5) is 0 Å². The molecule has 0 unspecified atom stereocenters. The predicted octanol–water partition coefficient (Wildman–Crippen LogP) is 3.36. The van der Waals surface area contributed by atoms with Gasteiger partial charge in [-0.1, -0.05) is 27.2 Å². The minimum Gasteiger partial charge on any atom is -0.393 e. The lowest BCUT2D eigenvalue weighted by molar-refractivity contribution is -0.0731. The molecule has 0 bridgehead atoms. The summed E-state index contributed by atoms with van der Waals surface area (Å²) in [5, 5.41) is 9.78. The van der Waals surface area contributed by atoms with Gasteiger partial charge >= 0.3 is 0 Å². The largest absolute Gasteiger partial charge is 0.393 e. The van der Waals surface area contributed by atoms with Crippen molar-refractivity contribution in [1.82, 2.24) is 0 Å². The summed E-state index contributed by atoms with van der Waals surface area (Å²) >= 11 is 0. The Morgan fingerprint density at radius 1 is 1.07 bits per heavy atom. The standard InChI is InChI=1S/C13H24O/c1-12(2)7-4-8-13(3)9-10(14)5-6-11(12)13/h10-11,14H,4-9H2,1-3H3/t10-,11+,13-/m1/s1. The smallest absolute Gasteiger partial charge is 0.0545 e. The molecule has 1 N–H and O–H groups in total. The summed E-state index contributed by atoms with van der Waals surface area (Å²) < 4.78 is 0. The molecule has 1 heteroatoms. The van der Waals surface area contributed by atoms with Crippen LogP contribution >= 0.6 is 0 Å². The van der Waals surface area contributed by atoms with Gasteiger partial charge in [-0.25, -0.2) is 0 Å². The van der Waals surface area contributed by atoms with Crippen molar-refractivity contribution in [2.75, 3.05) is 0 Å². The Morgan fingerprint density at radius 3 is 2.50 bits per heavy atom. The highest BCUT2D eigenvalue weighted by Gasteiger charge is 2.48. The van der Waals surface area contributed by atoms with E-state index in [4.69, 9.17) is 0 Å². The molecule has 2 saturated carbocycles. The quantitative estimate of drug-likeness (QED) is 0.630. The van der Waals surface area contributed by atoms with Gasteiger partial charge in [0.1, 0.15) is 0 Å². The molecule has 0 aromatic rings. The minimum atomic E-state index is -0.0230. The third-order valence-electron chi connectivity index (χ3n) is 4.84. The molecule has 1 nitrogen and oxygen atoms in total. The Kier molecular flexibility index (Phi) is 2.42. The molecule has 0 saturated heterocycles. The number of aliphatic hydroxyl groups is 1. The van der Waals surface area contributed by atoms with E-state index in [0.29, 0.717) is 10.8 Å². The van der Waals surface area contributed by atoms with Gasteiger partial charge in [-0.2, -0.15) is 0 Å². The van der Waals surface area contributed by atoms with Crippen molar-refractivity contribution in [3.05, 3.63) is 0 Å². The van der Waals surface area contributed by atoms with E-state index in [0.717, 1.165) is 18.8 Å². The zero-order valence-electron chi connectivity index (χ0n) is 9.84. The Hall–Kier alpha value is -0.0400. The molecular formula is C13H24O. The molecule has 0 spiro atoms. The van der Waals surface area contributed by atoms with Crippen molar-refractivity contribution < 1.29 is 5.11 Å². The highest BCUT2D eigenvalue weighted by molar-refractivity contribution is 4.99. The van der Waals surface area contributed by atoms with E-state index in [1.807, 2.05) is 0 Å². The first kappa shape index (κ1) is 10.5. The molecule has 82 valence electrons. The van der Waals surface area contributed by atoms with E-state index in [1.165, 1.54) is 25.7 Å². The van der Waals surface area contributed by atoms with Crippen molar-refractivity contribution in [3.8, 4) is 0 Å². The first-order valence-electron chi connectivity index (χ1n) is 6.12. The third kappa shape index (κ3) is 1.60. The van der Waals surface area contributed by atoms with Crippen LogP contribution in [0.25, 0.3) is 0 Å². The number of rotatable bonds is 0. The van der Waals surface area contributed by atoms with Crippen LogP contribution in [0.1, 0.15) is 59.3 Å². The molecule has 14 heavy (non-hydrogen) atoms. The summed E-state index contributed by atoms with van der Waals surface area (Å²) in [6, 6.07) is 0. The van der Waals surface area contributed by atoms with Crippen molar-refractivity contribution >= 4 is 0 Å². The summed E-state index contributed by atoms with van der Waals surface area (Å²) in [5.41, 5.74) is 0.937.